The standard InChI is InChI=1S/C28H32N2O3S/c1-2-33-25-17-9-8-16-24(25)27(28(32)29-22-13-6-7-14-22)30(20-21-11-4-3-5-12-21)26(31)19-23-15-10-18-34-23/h3-5,8-12,15-18,22,27H,2,6-7,13-14,19-20H2,1H3,(H,29,32)/t27-/m0/s1. The third-order valence-corrected chi connectivity index (χ3v) is 7.07. The van der Waals surface area contributed by atoms with Crippen molar-refractivity contribution in [2.24, 2.45) is 0 Å². The summed E-state index contributed by atoms with van der Waals surface area (Å²) < 4.78 is 5.91. The number of ether oxygens (including phenoxy) is 1. The molecule has 1 saturated carbocycles. The van der Waals surface area contributed by atoms with Gasteiger partial charge in [-0.3, -0.25) is 9.59 Å². The summed E-state index contributed by atoms with van der Waals surface area (Å²) >= 11 is 1.56. The van der Waals surface area contributed by atoms with Crippen LogP contribution in [0.3, 0.4) is 0 Å². The van der Waals surface area contributed by atoms with Gasteiger partial charge in [0, 0.05) is 23.0 Å². The van der Waals surface area contributed by atoms with Crippen LogP contribution in [0.25, 0.3) is 0 Å². The summed E-state index contributed by atoms with van der Waals surface area (Å²) in [5, 5.41) is 5.21. The second-order valence-electron chi connectivity index (χ2n) is 8.63. The minimum Gasteiger partial charge on any atom is -0.494 e. The number of amides is 2. The molecule has 4 rings (SSSR count). The molecule has 1 aliphatic carbocycles. The molecule has 0 saturated heterocycles. The van der Waals surface area contributed by atoms with Crippen LogP contribution in [0.2, 0.25) is 0 Å². The quantitative estimate of drug-likeness (QED) is 0.419. The van der Waals surface area contributed by atoms with Crippen LogP contribution in [0, 0.1) is 0 Å². The smallest absolute Gasteiger partial charge is 0.247 e. The number of hydrogen-bond acceptors (Lipinski definition) is 4. The molecular weight excluding hydrogens is 444 g/mol. The summed E-state index contributed by atoms with van der Waals surface area (Å²) in [5.41, 5.74) is 1.70. The number of carbonyl (C=O) groups excluding carboxylic acids is 2. The molecule has 1 N–H and O–H groups in total. The Balaban J connectivity index is 1.73. The van der Waals surface area contributed by atoms with Crippen molar-refractivity contribution < 1.29 is 14.3 Å². The Hall–Kier alpha value is -3.12. The molecule has 2 amide bonds. The first-order valence-corrected chi connectivity index (χ1v) is 12.9. The Kier molecular flexibility index (Phi) is 8.36. The van der Waals surface area contributed by atoms with Crippen molar-refractivity contribution in [3.05, 3.63) is 88.1 Å². The average Bonchev–Trinajstić information content (AvgIpc) is 3.55. The van der Waals surface area contributed by atoms with Crippen molar-refractivity contribution >= 4 is 23.2 Å². The maximum atomic E-state index is 13.8. The van der Waals surface area contributed by atoms with Crippen molar-refractivity contribution in [2.75, 3.05) is 6.61 Å². The molecule has 0 radical (unpaired) electrons. The highest BCUT2D eigenvalue weighted by molar-refractivity contribution is 7.10. The minimum atomic E-state index is -0.781. The molecule has 0 spiro atoms. The number of rotatable bonds is 10. The fourth-order valence-corrected chi connectivity index (χ4v) is 5.26. The van der Waals surface area contributed by atoms with Gasteiger partial charge in [-0.1, -0.05) is 67.4 Å². The van der Waals surface area contributed by atoms with E-state index in [9.17, 15) is 9.59 Å². The maximum absolute atomic E-state index is 13.8. The van der Waals surface area contributed by atoms with Gasteiger partial charge >= 0.3 is 0 Å². The fourth-order valence-electron chi connectivity index (χ4n) is 4.56. The Morgan fingerprint density at radius 1 is 1.03 bits per heavy atom. The molecule has 34 heavy (non-hydrogen) atoms. The first-order chi connectivity index (χ1) is 16.7. The first-order valence-electron chi connectivity index (χ1n) is 12.0. The highest BCUT2D eigenvalue weighted by atomic mass is 32.1. The summed E-state index contributed by atoms with van der Waals surface area (Å²) in [5.74, 6) is 0.414. The van der Waals surface area contributed by atoms with Crippen molar-refractivity contribution in [1.82, 2.24) is 10.2 Å². The molecule has 0 aliphatic heterocycles. The van der Waals surface area contributed by atoms with Crippen LogP contribution in [0.1, 0.15) is 54.7 Å². The van der Waals surface area contributed by atoms with Gasteiger partial charge in [0.05, 0.1) is 13.0 Å². The van der Waals surface area contributed by atoms with Gasteiger partial charge in [-0.2, -0.15) is 0 Å². The Bertz CT molecular complexity index is 1060. The van der Waals surface area contributed by atoms with Crippen LogP contribution in [0.15, 0.2) is 72.1 Å². The summed E-state index contributed by atoms with van der Waals surface area (Å²) in [7, 11) is 0. The lowest BCUT2D eigenvalue weighted by molar-refractivity contribution is -0.141. The van der Waals surface area contributed by atoms with Crippen LogP contribution < -0.4 is 10.1 Å². The van der Waals surface area contributed by atoms with Crippen LogP contribution >= 0.6 is 11.3 Å². The topological polar surface area (TPSA) is 58.6 Å². The van der Waals surface area contributed by atoms with Crippen molar-refractivity contribution in [2.45, 2.75) is 57.7 Å². The van der Waals surface area contributed by atoms with Gasteiger partial charge in [-0.15, -0.1) is 11.3 Å². The number of benzene rings is 2. The number of para-hydroxylation sites is 1. The lowest BCUT2D eigenvalue weighted by Gasteiger charge is -2.33. The van der Waals surface area contributed by atoms with Crippen LogP contribution in [-0.2, 0) is 22.6 Å². The molecule has 1 aromatic heterocycles. The molecule has 6 heteroatoms. The minimum absolute atomic E-state index is 0.0795. The predicted octanol–water partition coefficient (Wildman–Crippen LogP) is 5.52. The SMILES string of the molecule is CCOc1ccccc1[C@@H](C(=O)NC1CCCC1)N(Cc1ccccc1)C(=O)Cc1cccs1. The average molecular weight is 477 g/mol. The number of nitrogens with zero attached hydrogens (tertiary/aromatic N) is 1. The number of carbonyl (C=O) groups is 2. The molecule has 3 aromatic rings. The summed E-state index contributed by atoms with van der Waals surface area (Å²) in [4.78, 5) is 30.3. The number of hydrogen-bond donors (Lipinski definition) is 1. The third kappa shape index (κ3) is 6.06. The van der Waals surface area contributed by atoms with E-state index in [-0.39, 0.29) is 24.3 Å². The number of nitrogens with one attached hydrogen (secondary N) is 1. The summed E-state index contributed by atoms with van der Waals surface area (Å²) in [6.07, 6.45) is 4.46. The number of thiophene rings is 1. The zero-order valence-corrected chi connectivity index (χ0v) is 20.4. The van der Waals surface area contributed by atoms with E-state index in [2.05, 4.69) is 5.32 Å². The second-order valence-corrected chi connectivity index (χ2v) is 9.66. The zero-order chi connectivity index (χ0) is 23.8. The van der Waals surface area contributed by atoms with Gasteiger partial charge in [-0.25, -0.2) is 0 Å². The second kappa shape index (κ2) is 11.8. The molecular formula is C28H32N2O3S. The van der Waals surface area contributed by atoms with Crippen molar-refractivity contribution in [1.29, 1.82) is 0 Å². The van der Waals surface area contributed by atoms with Crippen molar-refractivity contribution in [3.8, 4) is 5.75 Å². The van der Waals surface area contributed by atoms with Gasteiger partial charge in [-0.05, 0) is 42.8 Å². The summed E-state index contributed by atoms with van der Waals surface area (Å²) in [6.45, 7) is 2.75. The lowest BCUT2D eigenvalue weighted by Crippen LogP contribution is -2.46. The normalized spacial score (nSPS) is 14.5. The third-order valence-electron chi connectivity index (χ3n) is 6.20. The van der Waals surface area contributed by atoms with E-state index in [1.165, 1.54) is 0 Å². The molecule has 2 aromatic carbocycles. The van der Waals surface area contributed by atoms with E-state index in [4.69, 9.17) is 4.74 Å². The van der Waals surface area contributed by atoms with Crippen LogP contribution in [0.5, 0.6) is 5.75 Å². The van der Waals surface area contributed by atoms with E-state index in [0.717, 1.165) is 41.7 Å². The Morgan fingerprint density at radius 3 is 2.47 bits per heavy atom. The highest BCUT2D eigenvalue weighted by Crippen LogP contribution is 2.33. The van der Waals surface area contributed by atoms with E-state index in [1.54, 1.807) is 16.2 Å². The van der Waals surface area contributed by atoms with E-state index >= 15 is 0 Å². The molecule has 1 aliphatic rings. The molecule has 0 unspecified atom stereocenters. The van der Waals surface area contributed by atoms with Crippen LogP contribution in [0.4, 0.5) is 0 Å². The Labute approximate surface area is 205 Å². The van der Waals surface area contributed by atoms with Crippen molar-refractivity contribution in [3.63, 3.8) is 0 Å². The van der Waals surface area contributed by atoms with E-state index < -0.39 is 6.04 Å². The molecule has 1 heterocycles. The predicted molar refractivity (Wildman–Crippen MR) is 136 cm³/mol. The van der Waals surface area contributed by atoms with Gasteiger partial charge in [0.15, 0.2) is 0 Å². The fraction of sp³-hybridized carbons (Fsp3) is 0.357. The monoisotopic (exact) mass is 476 g/mol. The zero-order valence-electron chi connectivity index (χ0n) is 19.6. The summed E-state index contributed by atoms with van der Waals surface area (Å²) in [6, 6.07) is 20.7. The van der Waals surface area contributed by atoms with E-state index in [1.807, 2.05) is 79.0 Å². The first kappa shape index (κ1) is 24.0. The van der Waals surface area contributed by atoms with E-state index in [0.29, 0.717) is 18.9 Å². The van der Waals surface area contributed by atoms with Gasteiger partial charge in [0.2, 0.25) is 11.8 Å². The van der Waals surface area contributed by atoms with Crippen LogP contribution in [-0.4, -0.2) is 29.4 Å². The van der Waals surface area contributed by atoms with Gasteiger partial charge in [0.1, 0.15) is 11.8 Å². The molecule has 178 valence electrons. The highest BCUT2D eigenvalue weighted by Gasteiger charge is 2.35. The molecule has 1 atom stereocenters. The molecule has 5 nitrogen and oxygen atoms in total. The largest absolute Gasteiger partial charge is 0.494 e. The Morgan fingerprint density at radius 2 is 1.76 bits per heavy atom. The van der Waals surface area contributed by atoms with Gasteiger partial charge < -0.3 is 15.0 Å². The van der Waals surface area contributed by atoms with Gasteiger partial charge in [0.25, 0.3) is 0 Å². The molecule has 1 fully saturated rings. The lowest BCUT2D eigenvalue weighted by atomic mass is 10.0. The molecule has 0 bridgehead atoms. The maximum Gasteiger partial charge on any atom is 0.247 e.